The Kier molecular flexibility index (Phi) is 21.1. The van der Waals surface area contributed by atoms with Crippen LogP contribution in [0.2, 0.25) is 0 Å². The summed E-state index contributed by atoms with van der Waals surface area (Å²) in [5.41, 5.74) is -9.67. The van der Waals surface area contributed by atoms with Crippen LogP contribution in [0.1, 0.15) is 125 Å². The number of esters is 1. The van der Waals surface area contributed by atoms with Gasteiger partial charge in [-0.15, -0.1) is 0 Å². The predicted molar refractivity (Wildman–Crippen MR) is 314 cm³/mol. The Balaban J connectivity index is 0.732. The molecule has 1 aromatic carbocycles. The SMILES string of the molecule is CO[C@H]1[C@@H](O)[C@H](O[C@@H]2[C@@H](C)O[C@@H](O[C@@H]3[C@@H](C)O[C@@H](O[C@H]4[C@@H](OC)C[C@H](O[C@H]5[C@@H](OC)C[C@H](O[C@H]6CC[C@]7(C)[C@H]8C[C@@H](OC(=O)/C=C\c9ccccc9)[C@@]9(C)[C@](O)(CC[C@@]9(O)[C@H](C)O)[C@]8(O)C=C[C@@]7(O)C6)O[C@@H]5C)O[C@@H]4C)C[C@H]3OC)C[C@H]2OC)O[C@H](C)[C@H]1O. The Morgan fingerprint density at radius 2 is 1.07 bits per heavy atom. The maximum atomic E-state index is 13.7. The first-order chi connectivity index (χ1) is 42.1. The second-order valence-electron chi connectivity index (χ2n) is 27.0. The van der Waals surface area contributed by atoms with E-state index in [1.807, 2.05) is 65.0 Å². The zero-order valence-electron chi connectivity index (χ0n) is 53.8. The smallest absolute Gasteiger partial charge is 0.331 e. The first-order valence-electron chi connectivity index (χ1n) is 31.9. The van der Waals surface area contributed by atoms with Crippen LogP contribution in [0.15, 0.2) is 48.6 Å². The Morgan fingerprint density at radius 1 is 0.584 bits per heavy atom. The molecular weight excluding hydrogens is 1160 g/mol. The molecule has 5 heterocycles. The van der Waals surface area contributed by atoms with Gasteiger partial charge in [-0.25, -0.2) is 4.79 Å². The highest BCUT2D eigenvalue weighted by Crippen LogP contribution is 2.71. The van der Waals surface area contributed by atoms with Crippen molar-refractivity contribution >= 4 is 12.0 Å². The number of carbonyl (C=O) groups is 1. The molecule has 5 aliphatic heterocycles. The number of fused-ring (bicyclic) bond motifs is 5. The molecule has 1 aromatic rings. The third-order valence-electron chi connectivity index (χ3n) is 22.3. The lowest BCUT2D eigenvalue weighted by molar-refractivity contribution is -0.358. The van der Waals surface area contributed by atoms with E-state index in [1.54, 1.807) is 54.4 Å². The maximum Gasteiger partial charge on any atom is 0.331 e. The standard InChI is InChI=1S/C65H100O24/c1-33-52(68)58(78-13)53(69)59(83-33)89-57-37(5)82-51(30-44(57)77-12)88-56-36(4)81-50(29-43(56)76-11)87-55-35(3)80-49(28-42(55)75-10)86-54-34(2)79-48(27-41(54)74-9)84-40-21-22-60(7)45-31-46(85-47(67)20-19-39-17-15-14-16-18-39)61(8)63(71,38(6)66)25-26-65(61,73)64(45,72)24-23-62(60,70)32-40/h14-20,23-24,33-38,40-46,48-59,66,68-73H,21-22,25-32H2,1-13H3/b20-19-/t33-,34-,35-,36-,37-,38+,40+,41+,42+,43-,44-,45-,46-,48+,49+,50+,51+,52-,53-,54-,55-,56-,57-,58-,59+,60-,61-,62-,63-,64+,65-/m1/s1. The van der Waals surface area contributed by atoms with Crippen molar-refractivity contribution < 1.29 is 116 Å². The molecule has 4 aliphatic carbocycles. The monoisotopic (exact) mass is 1260 g/mol. The van der Waals surface area contributed by atoms with E-state index >= 15 is 0 Å². The highest BCUT2D eigenvalue weighted by molar-refractivity contribution is 5.87. The Labute approximate surface area is 522 Å². The molecule has 3 saturated carbocycles. The van der Waals surface area contributed by atoms with Crippen molar-refractivity contribution in [1.29, 1.82) is 0 Å². The molecule has 0 unspecified atom stereocenters. The normalized spacial score (nSPS) is 50.4. The fraction of sp³-hybridized carbons (Fsp3) is 0.831. The van der Waals surface area contributed by atoms with E-state index in [-0.39, 0.29) is 32.1 Å². The van der Waals surface area contributed by atoms with Gasteiger partial charge in [0.2, 0.25) is 0 Å². The summed E-state index contributed by atoms with van der Waals surface area (Å²) in [5, 5.41) is 83.8. The molecule has 0 radical (unpaired) electrons. The van der Waals surface area contributed by atoms with Gasteiger partial charge in [-0.1, -0.05) is 56.3 Å². The lowest BCUT2D eigenvalue weighted by Crippen LogP contribution is -2.80. The fourth-order valence-electron chi connectivity index (χ4n) is 16.9. The summed E-state index contributed by atoms with van der Waals surface area (Å²) in [5.74, 6) is -1.59. The van der Waals surface area contributed by atoms with Crippen LogP contribution in [0.4, 0.5) is 0 Å². The molecule has 7 N–H and O–H groups in total. The van der Waals surface area contributed by atoms with E-state index in [0.717, 1.165) is 5.56 Å². The number of hydrogen-bond acceptors (Lipinski definition) is 24. The van der Waals surface area contributed by atoms with Crippen LogP contribution in [-0.2, 0) is 80.6 Å². The van der Waals surface area contributed by atoms with Crippen LogP contribution in [0, 0.1) is 16.7 Å². The summed E-state index contributed by atoms with van der Waals surface area (Å²) in [6.07, 6.45) is -9.49. The van der Waals surface area contributed by atoms with Crippen LogP contribution in [0.5, 0.6) is 0 Å². The molecule has 504 valence electrons. The van der Waals surface area contributed by atoms with E-state index in [9.17, 15) is 40.5 Å². The van der Waals surface area contributed by atoms with Gasteiger partial charge in [0.25, 0.3) is 0 Å². The topological polar surface area (TPSA) is 306 Å². The second kappa shape index (κ2) is 27.2. The van der Waals surface area contributed by atoms with Gasteiger partial charge in [0.05, 0.1) is 78.2 Å². The number of aliphatic hydroxyl groups excluding tert-OH is 3. The van der Waals surface area contributed by atoms with Crippen LogP contribution >= 0.6 is 0 Å². The summed E-state index contributed by atoms with van der Waals surface area (Å²) in [6, 6.07) is 9.21. The first-order valence-corrected chi connectivity index (χ1v) is 31.9. The molecule has 5 saturated heterocycles. The molecule has 0 amide bonds. The molecule has 0 spiro atoms. The molecule has 9 aliphatic rings. The van der Waals surface area contributed by atoms with E-state index in [4.69, 9.17) is 75.8 Å². The lowest BCUT2D eigenvalue weighted by Gasteiger charge is -2.68. The highest BCUT2D eigenvalue weighted by Gasteiger charge is 2.82. The minimum Gasteiger partial charge on any atom is -0.458 e. The van der Waals surface area contributed by atoms with Crippen molar-refractivity contribution in [3.63, 3.8) is 0 Å². The predicted octanol–water partition coefficient (Wildman–Crippen LogP) is 3.50. The quantitative estimate of drug-likeness (QED) is 0.0592. The van der Waals surface area contributed by atoms with Gasteiger partial charge >= 0.3 is 5.97 Å². The third kappa shape index (κ3) is 12.5. The summed E-state index contributed by atoms with van der Waals surface area (Å²) in [4.78, 5) is 13.7. The average molecular weight is 1270 g/mol. The van der Waals surface area contributed by atoms with Gasteiger partial charge < -0.3 is 112 Å². The molecule has 24 heteroatoms. The van der Waals surface area contributed by atoms with Crippen molar-refractivity contribution in [3.8, 4) is 0 Å². The van der Waals surface area contributed by atoms with Crippen LogP contribution < -0.4 is 0 Å². The lowest BCUT2D eigenvalue weighted by atomic mass is 9.41. The molecule has 89 heavy (non-hydrogen) atoms. The highest BCUT2D eigenvalue weighted by atomic mass is 16.8. The van der Waals surface area contributed by atoms with E-state index in [1.165, 1.54) is 26.2 Å². The first kappa shape index (κ1) is 69.1. The van der Waals surface area contributed by atoms with Gasteiger partial charge in [-0.3, -0.25) is 0 Å². The molecule has 10 rings (SSSR count). The Hall–Kier alpha value is -2.71. The summed E-state index contributed by atoms with van der Waals surface area (Å²) < 4.78 is 100. The zero-order chi connectivity index (χ0) is 64.3. The number of ether oxygens (including phenoxy) is 16. The molecule has 8 fully saturated rings. The summed E-state index contributed by atoms with van der Waals surface area (Å²) in [7, 11) is 7.81. The molecule has 0 bridgehead atoms. The van der Waals surface area contributed by atoms with E-state index in [0.29, 0.717) is 32.1 Å². The van der Waals surface area contributed by atoms with Crippen LogP contribution in [0.25, 0.3) is 6.08 Å². The minimum absolute atomic E-state index is 0.0317. The van der Waals surface area contributed by atoms with Crippen LogP contribution in [-0.4, -0.2) is 247 Å². The van der Waals surface area contributed by atoms with Crippen molar-refractivity contribution in [2.45, 2.75) is 289 Å². The van der Waals surface area contributed by atoms with Gasteiger partial charge in [-0.2, -0.15) is 0 Å². The van der Waals surface area contributed by atoms with E-state index in [2.05, 4.69) is 0 Å². The molecule has 0 aromatic heterocycles. The molecule has 24 nitrogen and oxygen atoms in total. The number of carbonyl (C=O) groups excluding carboxylic acids is 1. The average Bonchev–Trinajstić information content (AvgIpc) is 1.62. The number of methoxy groups -OCH3 is 5. The summed E-state index contributed by atoms with van der Waals surface area (Å²) >= 11 is 0. The summed E-state index contributed by atoms with van der Waals surface area (Å²) in [6.45, 7) is 14.1. The van der Waals surface area contributed by atoms with Crippen molar-refractivity contribution in [1.82, 2.24) is 0 Å². The zero-order valence-corrected chi connectivity index (χ0v) is 53.8. The Morgan fingerprint density at radius 3 is 1.54 bits per heavy atom. The molecular formula is C65H100O24. The van der Waals surface area contributed by atoms with Gasteiger partial charge in [0.1, 0.15) is 65.6 Å². The van der Waals surface area contributed by atoms with Crippen molar-refractivity contribution in [2.24, 2.45) is 16.7 Å². The largest absolute Gasteiger partial charge is 0.458 e. The number of benzene rings is 1. The van der Waals surface area contributed by atoms with Crippen molar-refractivity contribution in [3.05, 3.63) is 54.1 Å². The van der Waals surface area contributed by atoms with Crippen LogP contribution in [0.3, 0.4) is 0 Å². The second-order valence-corrected chi connectivity index (χ2v) is 27.0. The maximum absolute atomic E-state index is 13.7. The number of hydrogen-bond donors (Lipinski definition) is 7. The molecule has 31 atom stereocenters. The van der Waals surface area contributed by atoms with E-state index < -0.39 is 193 Å². The van der Waals surface area contributed by atoms with Gasteiger partial charge in [0, 0.05) is 85.1 Å². The van der Waals surface area contributed by atoms with Crippen molar-refractivity contribution in [2.75, 3.05) is 35.5 Å². The van der Waals surface area contributed by atoms with Gasteiger partial charge in [0.15, 0.2) is 31.5 Å². The Bertz CT molecular complexity index is 2580. The number of aliphatic hydroxyl groups is 7. The third-order valence-corrected chi connectivity index (χ3v) is 22.3. The fourth-order valence-corrected chi connectivity index (χ4v) is 16.9. The number of rotatable bonds is 19. The minimum atomic E-state index is -2.09. The van der Waals surface area contributed by atoms with Gasteiger partial charge in [-0.05, 0) is 85.3 Å².